The summed E-state index contributed by atoms with van der Waals surface area (Å²) in [6, 6.07) is 7.02. The van der Waals surface area contributed by atoms with Crippen LogP contribution in [0, 0.1) is 11.8 Å². The minimum atomic E-state index is -0.508. The predicted molar refractivity (Wildman–Crippen MR) is 114 cm³/mol. The number of methoxy groups -OCH3 is 1. The first-order chi connectivity index (χ1) is 14.4. The number of amides is 2. The van der Waals surface area contributed by atoms with Gasteiger partial charge < -0.3 is 19.7 Å². The molecule has 2 amide bonds. The molecular weight excluding hydrogens is 384 g/mol. The average Bonchev–Trinajstić information content (AvgIpc) is 2.75. The van der Waals surface area contributed by atoms with E-state index in [0.29, 0.717) is 37.6 Å². The highest BCUT2D eigenvalue weighted by Crippen LogP contribution is 2.38. The third kappa shape index (κ3) is 6.47. The van der Waals surface area contributed by atoms with E-state index in [0.717, 1.165) is 18.4 Å². The topological polar surface area (TPSA) is 84.9 Å². The van der Waals surface area contributed by atoms with Crippen molar-refractivity contribution < 1.29 is 23.9 Å². The van der Waals surface area contributed by atoms with Gasteiger partial charge in [0.2, 0.25) is 5.91 Å². The molecule has 0 spiro atoms. The summed E-state index contributed by atoms with van der Waals surface area (Å²) in [5, 5.41) is 2.75. The predicted octanol–water partition coefficient (Wildman–Crippen LogP) is 3.09. The van der Waals surface area contributed by atoms with Gasteiger partial charge in [-0.15, -0.1) is 0 Å². The van der Waals surface area contributed by atoms with Crippen molar-refractivity contribution in [2.45, 2.75) is 52.5 Å². The molecule has 1 aromatic carbocycles. The van der Waals surface area contributed by atoms with Gasteiger partial charge in [0.25, 0.3) is 5.91 Å². The summed E-state index contributed by atoms with van der Waals surface area (Å²) in [7, 11) is 1.59. The van der Waals surface area contributed by atoms with Crippen LogP contribution in [-0.2, 0) is 19.1 Å². The Morgan fingerprint density at radius 3 is 2.53 bits per heavy atom. The van der Waals surface area contributed by atoms with E-state index in [1.165, 1.54) is 0 Å². The number of unbranched alkanes of at least 4 members (excludes halogenated alkanes) is 1. The van der Waals surface area contributed by atoms with Crippen LogP contribution in [0.5, 0.6) is 5.75 Å². The fraction of sp³-hybridized carbons (Fsp3) is 0.609. The molecule has 2 atom stereocenters. The molecule has 1 aliphatic heterocycles. The van der Waals surface area contributed by atoms with Gasteiger partial charge in [-0.3, -0.25) is 14.4 Å². The van der Waals surface area contributed by atoms with Crippen molar-refractivity contribution in [3.63, 3.8) is 0 Å². The number of likely N-dealkylation sites (tertiary alicyclic amines) is 1. The molecular formula is C23H34N2O5. The number of rotatable bonds is 10. The number of carbonyl (C=O) groups is 3. The van der Waals surface area contributed by atoms with Crippen molar-refractivity contribution >= 4 is 17.8 Å². The van der Waals surface area contributed by atoms with Crippen LogP contribution in [0.4, 0.5) is 0 Å². The van der Waals surface area contributed by atoms with Crippen LogP contribution in [0.1, 0.15) is 58.1 Å². The number of carbonyl (C=O) groups excluding carboxylic acids is 3. The van der Waals surface area contributed by atoms with Crippen molar-refractivity contribution in [2.24, 2.45) is 11.8 Å². The molecule has 1 aliphatic rings. The number of hydrogen-bond donors (Lipinski definition) is 1. The van der Waals surface area contributed by atoms with E-state index in [1.807, 2.05) is 38.1 Å². The van der Waals surface area contributed by atoms with Crippen LogP contribution in [0.2, 0.25) is 0 Å². The number of benzene rings is 1. The number of piperidine rings is 1. The first kappa shape index (κ1) is 23.7. The maximum atomic E-state index is 12.9. The average molecular weight is 419 g/mol. The van der Waals surface area contributed by atoms with E-state index in [9.17, 15) is 14.4 Å². The standard InChI is InChI=1S/C23H34N2O5/c1-5-6-13-25-21(27)12-11-19(22(25)17-7-9-18(29-4)10-8-17)23(28)30-15-20(26)24-14-16(2)3/h7-10,16,19,22H,5-6,11-15H2,1-4H3,(H,24,26)/t19-,22+/m1/s1. The van der Waals surface area contributed by atoms with Crippen molar-refractivity contribution in [3.8, 4) is 5.75 Å². The lowest BCUT2D eigenvalue weighted by molar-refractivity contribution is -0.159. The highest BCUT2D eigenvalue weighted by atomic mass is 16.5. The third-order valence-electron chi connectivity index (χ3n) is 5.27. The molecule has 1 aromatic rings. The summed E-state index contributed by atoms with van der Waals surface area (Å²) in [6.45, 7) is 6.88. The lowest BCUT2D eigenvalue weighted by Crippen LogP contribution is -2.46. The Kier molecular flexibility index (Phi) is 9.15. The zero-order chi connectivity index (χ0) is 22.1. The third-order valence-corrected chi connectivity index (χ3v) is 5.27. The summed E-state index contributed by atoms with van der Waals surface area (Å²) in [5.74, 6) is -0.186. The molecule has 0 saturated carbocycles. The van der Waals surface area contributed by atoms with Gasteiger partial charge in [-0.05, 0) is 36.5 Å². The van der Waals surface area contributed by atoms with Gasteiger partial charge in [-0.2, -0.15) is 0 Å². The van der Waals surface area contributed by atoms with Crippen LogP contribution in [0.3, 0.4) is 0 Å². The fourth-order valence-electron chi connectivity index (χ4n) is 3.62. The van der Waals surface area contributed by atoms with E-state index in [-0.39, 0.29) is 18.4 Å². The Morgan fingerprint density at radius 2 is 1.93 bits per heavy atom. The van der Waals surface area contributed by atoms with E-state index < -0.39 is 17.9 Å². The quantitative estimate of drug-likeness (QED) is 0.590. The number of nitrogens with zero attached hydrogens (tertiary/aromatic N) is 1. The second kappa shape index (κ2) is 11.6. The summed E-state index contributed by atoms with van der Waals surface area (Å²) in [5.41, 5.74) is 0.867. The van der Waals surface area contributed by atoms with Crippen LogP contribution < -0.4 is 10.1 Å². The Labute approximate surface area is 179 Å². The van der Waals surface area contributed by atoms with Gasteiger partial charge in [0.05, 0.1) is 19.1 Å². The monoisotopic (exact) mass is 418 g/mol. The van der Waals surface area contributed by atoms with Crippen molar-refractivity contribution in [1.29, 1.82) is 0 Å². The fourth-order valence-corrected chi connectivity index (χ4v) is 3.62. The maximum absolute atomic E-state index is 12.9. The Balaban J connectivity index is 2.17. The van der Waals surface area contributed by atoms with E-state index in [1.54, 1.807) is 12.0 Å². The zero-order valence-corrected chi connectivity index (χ0v) is 18.5. The molecule has 30 heavy (non-hydrogen) atoms. The first-order valence-corrected chi connectivity index (χ1v) is 10.7. The molecule has 0 bridgehead atoms. The summed E-state index contributed by atoms with van der Waals surface area (Å²) in [4.78, 5) is 39.3. The first-order valence-electron chi connectivity index (χ1n) is 10.7. The smallest absolute Gasteiger partial charge is 0.311 e. The maximum Gasteiger partial charge on any atom is 0.311 e. The van der Waals surface area contributed by atoms with Crippen LogP contribution >= 0.6 is 0 Å². The molecule has 2 rings (SSSR count). The molecule has 1 heterocycles. The lowest BCUT2D eigenvalue weighted by Gasteiger charge is -2.40. The number of nitrogens with one attached hydrogen (secondary N) is 1. The normalized spacial score (nSPS) is 19.0. The molecule has 0 aliphatic carbocycles. The van der Waals surface area contributed by atoms with E-state index in [2.05, 4.69) is 12.2 Å². The Morgan fingerprint density at radius 1 is 1.23 bits per heavy atom. The molecule has 166 valence electrons. The second-order valence-electron chi connectivity index (χ2n) is 8.11. The number of ether oxygens (including phenoxy) is 2. The summed E-state index contributed by atoms with van der Waals surface area (Å²) < 4.78 is 10.6. The van der Waals surface area contributed by atoms with E-state index >= 15 is 0 Å². The van der Waals surface area contributed by atoms with E-state index in [4.69, 9.17) is 9.47 Å². The van der Waals surface area contributed by atoms with Crippen molar-refractivity contribution in [1.82, 2.24) is 10.2 Å². The zero-order valence-electron chi connectivity index (χ0n) is 18.5. The molecule has 0 unspecified atom stereocenters. The van der Waals surface area contributed by atoms with Gasteiger partial charge in [-0.1, -0.05) is 39.3 Å². The minimum absolute atomic E-state index is 0.0444. The molecule has 0 aromatic heterocycles. The van der Waals surface area contributed by atoms with Crippen LogP contribution in [0.15, 0.2) is 24.3 Å². The Hall–Kier alpha value is -2.57. The highest BCUT2D eigenvalue weighted by molar-refractivity contribution is 5.84. The van der Waals surface area contributed by atoms with Gasteiger partial charge >= 0.3 is 5.97 Å². The van der Waals surface area contributed by atoms with Crippen molar-refractivity contribution in [2.75, 3.05) is 26.8 Å². The van der Waals surface area contributed by atoms with Crippen LogP contribution in [-0.4, -0.2) is 49.5 Å². The van der Waals surface area contributed by atoms with Gasteiger partial charge in [0.1, 0.15) is 5.75 Å². The van der Waals surface area contributed by atoms with Crippen molar-refractivity contribution in [3.05, 3.63) is 29.8 Å². The van der Waals surface area contributed by atoms with Gasteiger partial charge in [0.15, 0.2) is 6.61 Å². The van der Waals surface area contributed by atoms with Crippen LogP contribution in [0.25, 0.3) is 0 Å². The summed E-state index contributed by atoms with van der Waals surface area (Å²) >= 11 is 0. The summed E-state index contributed by atoms with van der Waals surface area (Å²) in [6.07, 6.45) is 2.52. The molecule has 1 N–H and O–H groups in total. The molecule has 1 saturated heterocycles. The lowest BCUT2D eigenvalue weighted by atomic mass is 9.84. The number of esters is 1. The SMILES string of the molecule is CCCCN1C(=O)CC[C@@H](C(=O)OCC(=O)NCC(C)C)[C@@H]1c1ccc(OC)cc1. The molecule has 7 heteroatoms. The largest absolute Gasteiger partial charge is 0.497 e. The molecule has 1 fully saturated rings. The highest BCUT2D eigenvalue weighted by Gasteiger charge is 2.41. The molecule has 7 nitrogen and oxygen atoms in total. The van der Waals surface area contributed by atoms with Gasteiger partial charge in [0, 0.05) is 19.5 Å². The Bertz CT molecular complexity index is 717. The number of hydrogen-bond acceptors (Lipinski definition) is 5. The second-order valence-corrected chi connectivity index (χ2v) is 8.11. The van der Waals surface area contributed by atoms with Gasteiger partial charge in [-0.25, -0.2) is 0 Å². The minimum Gasteiger partial charge on any atom is -0.497 e. The molecule has 0 radical (unpaired) electrons.